The number of hydrogen-bond donors (Lipinski definition) is 1. The van der Waals surface area contributed by atoms with Gasteiger partial charge in [0.1, 0.15) is 5.82 Å². The number of nitrogens with one attached hydrogen (secondary N) is 1. The molecule has 1 unspecified atom stereocenters. The molecule has 0 saturated carbocycles. The van der Waals surface area contributed by atoms with Crippen LogP contribution in [-0.2, 0) is 4.74 Å². The van der Waals surface area contributed by atoms with Crippen molar-refractivity contribution in [3.8, 4) is 0 Å². The number of fused-ring (bicyclic) bond motifs is 1. The first kappa shape index (κ1) is 13.2. The molecule has 20 heavy (non-hydrogen) atoms. The zero-order valence-corrected chi connectivity index (χ0v) is 12.0. The molecule has 0 bridgehead atoms. The Labute approximate surface area is 118 Å². The molecule has 0 aliphatic carbocycles. The Morgan fingerprint density at radius 2 is 2.40 bits per heavy atom. The lowest BCUT2D eigenvalue weighted by Crippen LogP contribution is -2.24. The van der Waals surface area contributed by atoms with Crippen LogP contribution < -0.4 is 10.2 Å². The fourth-order valence-electron chi connectivity index (χ4n) is 2.58. The molecule has 0 aromatic carbocycles. The minimum atomic E-state index is 0.291. The number of methoxy groups -OCH3 is 1. The molecule has 3 rings (SSSR count). The standard InChI is InChI=1S/C14H21N5O/c1-3-5-15-12-10-19-8-6-16-13(19)14(17-12)18-7-4-11(9-18)20-2/h6,8,10-11,15H,3-5,7,9H2,1-2H3. The number of rotatable bonds is 5. The molecule has 1 saturated heterocycles. The van der Waals surface area contributed by atoms with Crippen LogP contribution in [0.25, 0.3) is 5.65 Å². The van der Waals surface area contributed by atoms with E-state index in [2.05, 4.69) is 22.1 Å². The molecule has 108 valence electrons. The third-order valence-corrected chi connectivity index (χ3v) is 3.69. The number of aromatic nitrogens is 3. The van der Waals surface area contributed by atoms with E-state index in [0.29, 0.717) is 6.10 Å². The zero-order chi connectivity index (χ0) is 13.9. The first-order chi connectivity index (χ1) is 9.81. The molecule has 0 amide bonds. The summed E-state index contributed by atoms with van der Waals surface area (Å²) < 4.78 is 7.47. The van der Waals surface area contributed by atoms with E-state index >= 15 is 0 Å². The van der Waals surface area contributed by atoms with Crippen molar-refractivity contribution in [2.45, 2.75) is 25.9 Å². The summed E-state index contributed by atoms with van der Waals surface area (Å²) in [6.45, 7) is 4.91. The topological polar surface area (TPSA) is 54.7 Å². The van der Waals surface area contributed by atoms with Crippen LogP contribution in [0.1, 0.15) is 19.8 Å². The molecular formula is C14H21N5O. The monoisotopic (exact) mass is 275 g/mol. The predicted octanol–water partition coefficient (Wildman–Crippen LogP) is 1.78. The average molecular weight is 275 g/mol. The van der Waals surface area contributed by atoms with Gasteiger partial charge < -0.3 is 19.4 Å². The Morgan fingerprint density at radius 1 is 1.50 bits per heavy atom. The van der Waals surface area contributed by atoms with Crippen molar-refractivity contribution in [1.29, 1.82) is 0 Å². The maximum atomic E-state index is 5.44. The lowest BCUT2D eigenvalue weighted by molar-refractivity contribution is 0.121. The molecule has 1 N–H and O–H groups in total. The SMILES string of the molecule is CCCNc1cn2ccnc2c(N2CCC(OC)C2)n1. The second-order valence-electron chi connectivity index (χ2n) is 5.13. The maximum absolute atomic E-state index is 5.44. The van der Waals surface area contributed by atoms with Crippen molar-refractivity contribution in [3.05, 3.63) is 18.6 Å². The van der Waals surface area contributed by atoms with E-state index in [1.54, 1.807) is 7.11 Å². The van der Waals surface area contributed by atoms with Gasteiger partial charge in [0.05, 0.1) is 12.3 Å². The van der Waals surface area contributed by atoms with Crippen molar-refractivity contribution in [1.82, 2.24) is 14.4 Å². The highest BCUT2D eigenvalue weighted by Crippen LogP contribution is 2.25. The van der Waals surface area contributed by atoms with E-state index in [1.807, 2.05) is 23.0 Å². The summed E-state index contributed by atoms with van der Waals surface area (Å²) in [6.07, 6.45) is 8.17. The van der Waals surface area contributed by atoms with E-state index in [0.717, 1.165) is 49.8 Å². The summed E-state index contributed by atoms with van der Waals surface area (Å²) in [7, 11) is 1.77. The van der Waals surface area contributed by atoms with Gasteiger partial charge in [-0.3, -0.25) is 0 Å². The lowest BCUT2D eigenvalue weighted by Gasteiger charge is -2.19. The quantitative estimate of drug-likeness (QED) is 0.901. The Kier molecular flexibility index (Phi) is 3.73. The maximum Gasteiger partial charge on any atom is 0.180 e. The largest absolute Gasteiger partial charge is 0.380 e. The summed E-state index contributed by atoms with van der Waals surface area (Å²) >= 11 is 0. The van der Waals surface area contributed by atoms with Gasteiger partial charge in [-0.2, -0.15) is 0 Å². The van der Waals surface area contributed by atoms with Crippen molar-refractivity contribution >= 4 is 17.3 Å². The molecule has 0 radical (unpaired) electrons. The van der Waals surface area contributed by atoms with E-state index in [4.69, 9.17) is 9.72 Å². The summed E-state index contributed by atoms with van der Waals surface area (Å²) in [4.78, 5) is 11.4. The average Bonchev–Trinajstić information content (AvgIpc) is 3.12. The van der Waals surface area contributed by atoms with Gasteiger partial charge in [0, 0.05) is 39.1 Å². The summed E-state index contributed by atoms with van der Waals surface area (Å²) in [5, 5.41) is 3.35. The van der Waals surface area contributed by atoms with Crippen LogP contribution in [0.3, 0.4) is 0 Å². The van der Waals surface area contributed by atoms with Crippen LogP contribution in [0, 0.1) is 0 Å². The van der Waals surface area contributed by atoms with Gasteiger partial charge in [0.25, 0.3) is 0 Å². The smallest absolute Gasteiger partial charge is 0.180 e. The van der Waals surface area contributed by atoms with E-state index < -0.39 is 0 Å². The summed E-state index contributed by atoms with van der Waals surface area (Å²) in [6, 6.07) is 0. The number of hydrogen-bond acceptors (Lipinski definition) is 5. The molecule has 3 heterocycles. The minimum absolute atomic E-state index is 0.291. The minimum Gasteiger partial charge on any atom is -0.380 e. The Bertz CT molecular complexity index is 582. The van der Waals surface area contributed by atoms with Crippen LogP contribution in [0.2, 0.25) is 0 Å². The number of ether oxygens (including phenoxy) is 1. The first-order valence-electron chi connectivity index (χ1n) is 7.17. The molecule has 6 heteroatoms. The van der Waals surface area contributed by atoms with E-state index in [-0.39, 0.29) is 0 Å². The van der Waals surface area contributed by atoms with Gasteiger partial charge in [-0.15, -0.1) is 0 Å². The molecular weight excluding hydrogens is 254 g/mol. The molecule has 1 atom stereocenters. The molecule has 1 aliphatic heterocycles. The molecule has 1 aliphatic rings. The fourth-order valence-corrected chi connectivity index (χ4v) is 2.58. The first-order valence-corrected chi connectivity index (χ1v) is 7.17. The fraction of sp³-hybridized carbons (Fsp3) is 0.571. The van der Waals surface area contributed by atoms with Crippen LogP contribution >= 0.6 is 0 Å². The Hall–Kier alpha value is -1.82. The van der Waals surface area contributed by atoms with Gasteiger partial charge in [0.15, 0.2) is 11.5 Å². The molecule has 2 aromatic rings. The van der Waals surface area contributed by atoms with Gasteiger partial charge in [0.2, 0.25) is 0 Å². The molecule has 0 spiro atoms. The Morgan fingerprint density at radius 3 is 3.15 bits per heavy atom. The summed E-state index contributed by atoms with van der Waals surface area (Å²) in [5.41, 5.74) is 0.906. The molecule has 6 nitrogen and oxygen atoms in total. The van der Waals surface area contributed by atoms with Crippen LogP contribution in [0.5, 0.6) is 0 Å². The normalized spacial score (nSPS) is 18.9. The van der Waals surface area contributed by atoms with Crippen LogP contribution in [0.15, 0.2) is 18.6 Å². The number of nitrogens with zero attached hydrogens (tertiary/aromatic N) is 4. The van der Waals surface area contributed by atoms with E-state index in [1.165, 1.54) is 0 Å². The second-order valence-corrected chi connectivity index (χ2v) is 5.13. The molecule has 2 aromatic heterocycles. The van der Waals surface area contributed by atoms with E-state index in [9.17, 15) is 0 Å². The third kappa shape index (κ3) is 2.43. The number of imidazole rings is 1. The van der Waals surface area contributed by atoms with Gasteiger partial charge in [-0.25, -0.2) is 9.97 Å². The van der Waals surface area contributed by atoms with Crippen molar-refractivity contribution in [3.63, 3.8) is 0 Å². The van der Waals surface area contributed by atoms with Crippen molar-refractivity contribution < 1.29 is 4.74 Å². The van der Waals surface area contributed by atoms with Crippen molar-refractivity contribution in [2.75, 3.05) is 37.0 Å². The van der Waals surface area contributed by atoms with Gasteiger partial charge >= 0.3 is 0 Å². The van der Waals surface area contributed by atoms with Crippen LogP contribution in [0.4, 0.5) is 11.6 Å². The zero-order valence-electron chi connectivity index (χ0n) is 12.0. The highest BCUT2D eigenvalue weighted by atomic mass is 16.5. The summed E-state index contributed by atoms with van der Waals surface area (Å²) in [5.74, 6) is 1.84. The highest BCUT2D eigenvalue weighted by molar-refractivity contribution is 5.67. The lowest BCUT2D eigenvalue weighted by atomic mass is 10.3. The number of anilines is 2. The third-order valence-electron chi connectivity index (χ3n) is 3.69. The van der Waals surface area contributed by atoms with Gasteiger partial charge in [-0.1, -0.05) is 6.92 Å². The highest BCUT2D eigenvalue weighted by Gasteiger charge is 2.25. The predicted molar refractivity (Wildman–Crippen MR) is 79.4 cm³/mol. The van der Waals surface area contributed by atoms with Crippen molar-refractivity contribution in [2.24, 2.45) is 0 Å². The molecule has 1 fully saturated rings. The Balaban J connectivity index is 1.93. The van der Waals surface area contributed by atoms with Crippen LogP contribution in [-0.4, -0.2) is 47.2 Å². The second kappa shape index (κ2) is 5.66. The van der Waals surface area contributed by atoms with Gasteiger partial charge in [-0.05, 0) is 12.8 Å².